The molecule has 3 aliphatic carbocycles. The average Bonchev–Trinajstić information content (AvgIpc) is 2.50. The zero-order valence-corrected chi connectivity index (χ0v) is 15.3. The van der Waals surface area contributed by atoms with Crippen molar-refractivity contribution in [1.82, 2.24) is 4.98 Å². The number of halogens is 1. The molecular weight excluding hydrogens is 348 g/mol. The van der Waals surface area contributed by atoms with Crippen molar-refractivity contribution in [2.24, 2.45) is 0 Å². The number of nitrogens with zero attached hydrogens (tertiary/aromatic N) is 1. The molecule has 1 radical (unpaired) electrons. The van der Waals surface area contributed by atoms with Crippen molar-refractivity contribution in [3.8, 4) is 5.88 Å². The Labute approximate surface area is 150 Å². The average molecular weight is 370 g/mol. The van der Waals surface area contributed by atoms with Crippen LogP contribution in [0.15, 0.2) is 18.3 Å². The van der Waals surface area contributed by atoms with Crippen LogP contribution in [-0.2, 0) is 39.3 Å². The molecule has 3 fully saturated rings. The minimum absolute atomic E-state index is 0. The van der Waals surface area contributed by atoms with Crippen molar-refractivity contribution >= 4 is 0 Å². The molecule has 1 heterocycles. The summed E-state index contributed by atoms with van der Waals surface area (Å²) in [5.74, 6) is 0.534. The fourth-order valence-electron chi connectivity index (χ4n) is 2.80. The Morgan fingerprint density at radius 2 is 1.86 bits per heavy atom. The van der Waals surface area contributed by atoms with E-state index < -0.39 is 5.67 Å². The number of pyridine rings is 1. The first-order chi connectivity index (χ1) is 9.49. The molecule has 4 nitrogen and oxygen atoms in total. The van der Waals surface area contributed by atoms with E-state index in [-0.39, 0.29) is 44.9 Å². The summed E-state index contributed by atoms with van der Waals surface area (Å²) in [7, 11) is 1.55. The molecule has 4 rings (SSSR count). The maximum atomic E-state index is 13.4. The standard InChI is InChI=1S/C8H13FN.C7H9NO2.Y/c9-7-1-4-8(10,5-2-7)6-3-7;1-10-7-4-6(5-9)2-3-8-7;/h10H,1-6H2;2-4,9H,5H2,1H3;/q-1;;. The van der Waals surface area contributed by atoms with Crippen LogP contribution in [0.2, 0.25) is 0 Å². The number of ether oxygens (including phenoxy) is 1. The molecule has 0 aliphatic heterocycles. The molecule has 0 unspecified atom stereocenters. The summed E-state index contributed by atoms with van der Waals surface area (Å²) in [5, 5.41) is 8.67. The topological polar surface area (TPSA) is 66.2 Å². The molecule has 0 atom stereocenters. The molecule has 0 aromatic carbocycles. The van der Waals surface area contributed by atoms with Gasteiger partial charge in [0.2, 0.25) is 5.88 Å². The minimum atomic E-state index is -0.858. The third-order valence-corrected chi connectivity index (χ3v) is 4.35. The van der Waals surface area contributed by atoms with E-state index in [1.807, 2.05) is 0 Å². The summed E-state index contributed by atoms with van der Waals surface area (Å²) in [6.45, 7) is 0.0267. The van der Waals surface area contributed by atoms with Gasteiger partial charge in [-0.3, -0.25) is 0 Å². The number of rotatable bonds is 2. The van der Waals surface area contributed by atoms with Crippen LogP contribution in [0.1, 0.15) is 44.1 Å². The van der Waals surface area contributed by atoms with Gasteiger partial charge in [0.1, 0.15) is 5.67 Å². The van der Waals surface area contributed by atoms with Crippen LogP contribution in [0, 0.1) is 0 Å². The monoisotopic (exact) mass is 370 g/mol. The Bertz CT molecular complexity index is 397. The third-order valence-electron chi connectivity index (χ3n) is 4.35. The normalized spacial score (nSPS) is 29.9. The predicted octanol–water partition coefficient (Wildman–Crippen LogP) is 3.43. The number of hydrogen-bond acceptors (Lipinski definition) is 3. The Morgan fingerprint density at radius 3 is 2.29 bits per heavy atom. The van der Waals surface area contributed by atoms with Gasteiger partial charge in [0.05, 0.1) is 13.7 Å². The number of fused-ring (bicyclic) bond motifs is 3. The number of aliphatic hydroxyl groups excluding tert-OH is 1. The van der Waals surface area contributed by atoms with Gasteiger partial charge in [0, 0.05) is 45.0 Å². The molecule has 0 saturated heterocycles. The summed E-state index contributed by atoms with van der Waals surface area (Å²) in [4.78, 5) is 3.87. The summed E-state index contributed by atoms with van der Waals surface area (Å²) in [6, 6.07) is 3.43. The Hall–Kier alpha value is -0.0961. The minimum Gasteiger partial charge on any atom is -0.672 e. The van der Waals surface area contributed by atoms with Crippen molar-refractivity contribution in [3.63, 3.8) is 0 Å². The predicted molar refractivity (Wildman–Crippen MR) is 75.3 cm³/mol. The van der Waals surface area contributed by atoms with Crippen molar-refractivity contribution in [1.29, 1.82) is 0 Å². The summed E-state index contributed by atoms with van der Waals surface area (Å²) >= 11 is 0. The fraction of sp³-hybridized carbons (Fsp3) is 0.667. The fourth-order valence-corrected chi connectivity index (χ4v) is 2.80. The maximum Gasteiger partial charge on any atom is 0.213 e. The summed E-state index contributed by atoms with van der Waals surface area (Å²) < 4.78 is 18.3. The Morgan fingerprint density at radius 1 is 1.29 bits per heavy atom. The van der Waals surface area contributed by atoms with E-state index in [4.69, 9.17) is 15.6 Å². The molecule has 115 valence electrons. The first-order valence-electron chi connectivity index (χ1n) is 7.02. The first kappa shape index (κ1) is 19.0. The second-order valence-corrected chi connectivity index (χ2v) is 5.80. The van der Waals surface area contributed by atoms with Crippen molar-refractivity contribution in [2.45, 2.75) is 56.3 Å². The molecule has 0 spiro atoms. The Kier molecular flexibility index (Phi) is 7.18. The van der Waals surface area contributed by atoms with E-state index in [1.54, 1.807) is 25.4 Å². The van der Waals surface area contributed by atoms with Crippen LogP contribution in [-0.4, -0.2) is 28.4 Å². The van der Waals surface area contributed by atoms with Crippen LogP contribution in [0.25, 0.3) is 5.73 Å². The van der Waals surface area contributed by atoms with E-state index in [1.165, 1.54) is 0 Å². The molecular formula is C15H22FN2O2Y-. The molecule has 6 heteroatoms. The van der Waals surface area contributed by atoms with Gasteiger partial charge in [-0.15, -0.1) is 5.54 Å². The molecule has 2 bridgehead atoms. The SMILES string of the molecule is COc1cc(CO)ccn1.[NH-]C12CCC(F)(CC1)CC2.[Y]. The zero-order valence-electron chi connectivity index (χ0n) is 12.4. The molecule has 3 aliphatic rings. The molecule has 2 N–H and O–H groups in total. The van der Waals surface area contributed by atoms with Crippen molar-refractivity contribution < 1.29 is 46.9 Å². The van der Waals surface area contributed by atoms with E-state index in [2.05, 4.69) is 4.98 Å². The van der Waals surface area contributed by atoms with Crippen molar-refractivity contribution in [2.75, 3.05) is 7.11 Å². The van der Waals surface area contributed by atoms with Crippen LogP contribution < -0.4 is 4.74 Å². The van der Waals surface area contributed by atoms with Gasteiger partial charge in [-0.05, 0) is 30.9 Å². The third kappa shape index (κ3) is 5.24. The largest absolute Gasteiger partial charge is 0.672 e. The number of nitrogens with one attached hydrogen (secondary N) is 1. The number of methoxy groups -OCH3 is 1. The number of aliphatic hydroxyl groups is 1. The van der Waals surface area contributed by atoms with E-state index in [9.17, 15) is 4.39 Å². The van der Waals surface area contributed by atoms with Gasteiger partial charge in [-0.2, -0.15) is 0 Å². The molecule has 1 aromatic heterocycles. The smallest absolute Gasteiger partial charge is 0.213 e. The first-order valence-corrected chi connectivity index (χ1v) is 7.02. The van der Waals surface area contributed by atoms with Gasteiger partial charge in [-0.1, -0.05) is 19.3 Å². The quantitative estimate of drug-likeness (QED) is 0.867. The Balaban J connectivity index is 0.000000200. The molecule has 3 saturated carbocycles. The second kappa shape index (κ2) is 7.95. The van der Waals surface area contributed by atoms with Crippen LogP contribution >= 0.6 is 0 Å². The van der Waals surface area contributed by atoms with Crippen LogP contribution in [0.3, 0.4) is 0 Å². The second-order valence-electron chi connectivity index (χ2n) is 5.80. The number of aromatic nitrogens is 1. The van der Waals surface area contributed by atoms with Crippen LogP contribution in [0.4, 0.5) is 4.39 Å². The van der Waals surface area contributed by atoms with Gasteiger partial charge in [0.15, 0.2) is 0 Å². The molecule has 21 heavy (non-hydrogen) atoms. The van der Waals surface area contributed by atoms with Gasteiger partial charge in [0.25, 0.3) is 0 Å². The summed E-state index contributed by atoms with van der Waals surface area (Å²) in [5.41, 5.74) is 7.55. The van der Waals surface area contributed by atoms with Crippen LogP contribution in [0.5, 0.6) is 5.88 Å². The molecule has 1 aromatic rings. The molecule has 0 amide bonds. The summed E-state index contributed by atoms with van der Waals surface area (Å²) in [6.07, 6.45) is 5.93. The van der Waals surface area contributed by atoms with Gasteiger partial charge in [-0.25, -0.2) is 9.37 Å². The number of hydrogen-bond donors (Lipinski definition) is 1. The van der Waals surface area contributed by atoms with Gasteiger partial charge < -0.3 is 15.6 Å². The van der Waals surface area contributed by atoms with E-state index in [0.29, 0.717) is 25.1 Å². The maximum absolute atomic E-state index is 13.4. The van der Waals surface area contributed by atoms with E-state index >= 15 is 0 Å². The van der Waals surface area contributed by atoms with Gasteiger partial charge >= 0.3 is 0 Å². The van der Waals surface area contributed by atoms with Crippen molar-refractivity contribution in [3.05, 3.63) is 29.6 Å². The zero-order chi connectivity index (χ0) is 14.6. The van der Waals surface area contributed by atoms with E-state index in [0.717, 1.165) is 24.8 Å². The number of alkyl halides is 1.